The molecule has 2 aromatic carbocycles. The Hall–Kier alpha value is -3.59. The SMILES string of the molecule is CC[C@@H](C)OC(=O)CN1C(=O)S/C(=C/c2ccc(OCC(=O)Nc3ccc(C)cc3)cc2)C1=O. The molecule has 2 aromatic rings. The monoisotopic (exact) mass is 482 g/mol. The van der Waals surface area contributed by atoms with Crippen LogP contribution in [0.4, 0.5) is 10.5 Å². The van der Waals surface area contributed by atoms with E-state index in [1.54, 1.807) is 37.3 Å². The van der Waals surface area contributed by atoms with Gasteiger partial charge in [0, 0.05) is 5.69 Å². The Morgan fingerprint density at radius 3 is 2.41 bits per heavy atom. The van der Waals surface area contributed by atoms with Crippen LogP contribution in [0.2, 0.25) is 0 Å². The first-order valence-electron chi connectivity index (χ1n) is 10.8. The second-order valence-electron chi connectivity index (χ2n) is 7.75. The highest BCUT2D eigenvalue weighted by molar-refractivity contribution is 8.18. The van der Waals surface area contributed by atoms with Crippen LogP contribution in [0.1, 0.15) is 31.4 Å². The van der Waals surface area contributed by atoms with Crippen molar-refractivity contribution in [3.8, 4) is 5.75 Å². The van der Waals surface area contributed by atoms with E-state index in [-0.39, 0.29) is 23.5 Å². The zero-order valence-electron chi connectivity index (χ0n) is 19.2. The summed E-state index contributed by atoms with van der Waals surface area (Å²) in [6.45, 7) is 5.02. The van der Waals surface area contributed by atoms with Crippen LogP contribution in [0.3, 0.4) is 0 Å². The number of ether oxygens (including phenoxy) is 2. The van der Waals surface area contributed by atoms with Crippen molar-refractivity contribution >= 4 is 46.5 Å². The molecule has 1 atom stereocenters. The third-order valence-corrected chi connectivity index (χ3v) is 5.86. The minimum Gasteiger partial charge on any atom is -0.484 e. The molecule has 1 heterocycles. The van der Waals surface area contributed by atoms with Crippen molar-refractivity contribution in [1.29, 1.82) is 0 Å². The molecular weight excluding hydrogens is 456 g/mol. The largest absolute Gasteiger partial charge is 0.484 e. The lowest BCUT2D eigenvalue weighted by Gasteiger charge is -2.14. The lowest BCUT2D eigenvalue weighted by Crippen LogP contribution is -2.35. The molecule has 9 heteroatoms. The number of thioether (sulfide) groups is 1. The fourth-order valence-electron chi connectivity index (χ4n) is 2.90. The highest BCUT2D eigenvalue weighted by atomic mass is 32.2. The predicted octanol–water partition coefficient (Wildman–Crippen LogP) is 4.39. The van der Waals surface area contributed by atoms with E-state index in [9.17, 15) is 19.2 Å². The van der Waals surface area contributed by atoms with Crippen LogP contribution in [0.5, 0.6) is 5.75 Å². The number of aryl methyl sites for hydroxylation is 1. The van der Waals surface area contributed by atoms with E-state index in [0.29, 0.717) is 23.4 Å². The topological polar surface area (TPSA) is 102 Å². The van der Waals surface area contributed by atoms with Crippen molar-refractivity contribution in [2.24, 2.45) is 0 Å². The van der Waals surface area contributed by atoms with Gasteiger partial charge in [-0.1, -0.05) is 36.8 Å². The second-order valence-corrected chi connectivity index (χ2v) is 8.74. The van der Waals surface area contributed by atoms with Crippen LogP contribution in [0.25, 0.3) is 6.08 Å². The Balaban J connectivity index is 1.54. The summed E-state index contributed by atoms with van der Waals surface area (Å²) in [7, 11) is 0. The number of anilines is 1. The summed E-state index contributed by atoms with van der Waals surface area (Å²) in [6.07, 6.45) is 1.93. The average molecular weight is 483 g/mol. The van der Waals surface area contributed by atoms with Crippen LogP contribution < -0.4 is 10.1 Å². The number of benzene rings is 2. The molecule has 1 aliphatic heterocycles. The van der Waals surface area contributed by atoms with Gasteiger partial charge < -0.3 is 14.8 Å². The molecule has 0 bridgehead atoms. The van der Waals surface area contributed by atoms with Gasteiger partial charge in [-0.3, -0.25) is 24.1 Å². The van der Waals surface area contributed by atoms with Crippen molar-refractivity contribution < 1.29 is 28.7 Å². The Kier molecular flexibility index (Phi) is 8.48. The van der Waals surface area contributed by atoms with Gasteiger partial charge in [-0.2, -0.15) is 0 Å². The second kappa shape index (κ2) is 11.5. The fourth-order valence-corrected chi connectivity index (χ4v) is 3.74. The van der Waals surface area contributed by atoms with Crippen molar-refractivity contribution in [3.63, 3.8) is 0 Å². The van der Waals surface area contributed by atoms with Crippen molar-refractivity contribution in [2.75, 3.05) is 18.5 Å². The minimum absolute atomic E-state index is 0.154. The maximum absolute atomic E-state index is 12.6. The Labute approximate surface area is 202 Å². The molecule has 3 rings (SSSR count). The number of carbonyl (C=O) groups excluding carboxylic acids is 4. The van der Waals surface area contributed by atoms with Crippen LogP contribution >= 0.6 is 11.8 Å². The van der Waals surface area contributed by atoms with Crippen LogP contribution in [0, 0.1) is 6.92 Å². The first-order valence-corrected chi connectivity index (χ1v) is 11.6. The van der Waals surface area contributed by atoms with Gasteiger partial charge in [-0.05, 0) is 67.9 Å². The number of hydrogen-bond donors (Lipinski definition) is 1. The van der Waals surface area contributed by atoms with E-state index < -0.39 is 23.7 Å². The highest BCUT2D eigenvalue weighted by Gasteiger charge is 2.36. The predicted molar refractivity (Wildman–Crippen MR) is 130 cm³/mol. The van der Waals surface area contributed by atoms with E-state index in [1.807, 2.05) is 38.1 Å². The molecule has 8 nitrogen and oxygen atoms in total. The van der Waals surface area contributed by atoms with Gasteiger partial charge in [0.15, 0.2) is 6.61 Å². The number of amides is 3. The van der Waals surface area contributed by atoms with E-state index in [0.717, 1.165) is 22.2 Å². The molecule has 0 aliphatic carbocycles. The Morgan fingerprint density at radius 2 is 1.76 bits per heavy atom. The number of hydrogen-bond acceptors (Lipinski definition) is 7. The lowest BCUT2D eigenvalue weighted by molar-refractivity contribution is -0.150. The van der Waals surface area contributed by atoms with E-state index >= 15 is 0 Å². The van der Waals surface area contributed by atoms with Gasteiger partial charge in [-0.15, -0.1) is 0 Å². The molecule has 1 fully saturated rings. The van der Waals surface area contributed by atoms with E-state index in [4.69, 9.17) is 9.47 Å². The molecule has 1 saturated heterocycles. The van der Waals surface area contributed by atoms with Gasteiger partial charge in [0.1, 0.15) is 12.3 Å². The number of nitrogens with one attached hydrogen (secondary N) is 1. The lowest BCUT2D eigenvalue weighted by atomic mass is 10.2. The quantitative estimate of drug-likeness (QED) is 0.418. The maximum Gasteiger partial charge on any atom is 0.326 e. The Morgan fingerprint density at radius 1 is 1.09 bits per heavy atom. The standard InChI is InChI=1S/C25H26N2O6S/c1-4-17(3)33-23(29)14-27-24(30)21(34-25(27)31)13-18-7-11-20(12-8-18)32-15-22(28)26-19-9-5-16(2)6-10-19/h5-13,17H,4,14-15H2,1-3H3,(H,26,28)/b21-13+/t17-/m1/s1. The molecule has 0 radical (unpaired) electrons. The maximum atomic E-state index is 12.6. The van der Waals surface area contributed by atoms with Crippen molar-refractivity contribution in [3.05, 3.63) is 64.6 Å². The molecule has 0 spiro atoms. The summed E-state index contributed by atoms with van der Waals surface area (Å²) >= 11 is 0.770. The summed E-state index contributed by atoms with van der Waals surface area (Å²) in [5.41, 5.74) is 2.46. The molecule has 1 N–H and O–H groups in total. The summed E-state index contributed by atoms with van der Waals surface area (Å²) in [4.78, 5) is 49.9. The number of rotatable bonds is 9. The molecule has 0 unspecified atom stereocenters. The normalized spacial score (nSPS) is 15.4. The highest BCUT2D eigenvalue weighted by Crippen LogP contribution is 2.32. The summed E-state index contributed by atoms with van der Waals surface area (Å²) < 4.78 is 10.7. The van der Waals surface area contributed by atoms with Gasteiger partial charge in [0.2, 0.25) is 0 Å². The third-order valence-electron chi connectivity index (χ3n) is 4.95. The average Bonchev–Trinajstić information content (AvgIpc) is 3.07. The summed E-state index contributed by atoms with van der Waals surface area (Å²) in [6, 6.07) is 14.2. The number of esters is 1. The fraction of sp³-hybridized carbons (Fsp3) is 0.280. The molecule has 34 heavy (non-hydrogen) atoms. The van der Waals surface area contributed by atoms with Crippen LogP contribution in [-0.4, -0.2) is 47.2 Å². The molecule has 3 amide bonds. The van der Waals surface area contributed by atoms with Crippen molar-refractivity contribution in [1.82, 2.24) is 4.90 Å². The first kappa shape index (κ1) is 25.0. The van der Waals surface area contributed by atoms with Crippen molar-refractivity contribution in [2.45, 2.75) is 33.3 Å². The molecule has 0 aromatic heterocycles. The van der Waals surface area contributed by atoms with E-state index in [1.165, 1.54) is 0 Å². The number of nitrogens with zero attached hydrogens (tertiary/aromatic N) is 1. The van der Waals surface area contributed by atoms with Crippen LogP contribution in [0.15, 0.2) is 53.4 Å². The van der Waals surface area contributed by atoms with Gasteiger partial charge >= 0.3 is 5.97 Å². The Bertz CT molecular complexity index is 1100. The summed E-state index contributed by atoms with van der Waals surface area (Å²) in [5, 5.41) is 2.24. The van der Waals surface area contributed by atoms with Gasteiger partial charge in [0.25, 0.3) is 17.1 Å². The van der Waals surface area contributed by atoms with E-state index in [2.05, 4.69) is 5.32 Å². The third kappa shape index (κ3) is 6.95. The molecule has 0 saturated carbocycles. The van der Waals surface area contributed by atoms with Gasteiger partial charge in [-0.25, -0.2) is 0 Å². The molecule has 1 aliphatic rings. The van der Waals surface area contributed by atoms with Crippen LogP contribution in [-0.2, 0) is 19.1 Å². The number of carbonyl (C=O) groups is 4. The minimum atomic E-state index is -0.620. The number of imide groups is 1. The summed E-state index contributed by atoms with van der Waals surface area (Å²) in [5.74, 6) is -0.958. The zero-order chi connectivity index (χ0) is 24.7. The zero-order valence-corrected chi connectivity index (χ0v) is 20.0. The smallest absolute Gasteiger partial charge is 0.326 e. The molecule has 178 valence electrons. The molecular formula is C25H26N2O6S. The van der Waals surface area contributed by atoms with Gasteiger partial charge in [0.05, 0.1) is 11.0 Å². The first-order chi connectivity index (χ1) is 16.2.